The standard InChI is InChI=1S/C43H54N6O8S/c1-3-26-22-43(26,40(52)53)48-38(50)35-20-30(23-49(35)39(51)37(25-11-5-4-6-12-25)47-42(54)57-28-15-9-10-16-28)56-36-21-33(45-32-19-29(55-2)17-18-31(32)36)34-24-58-41(46-34)44-27-13-7-8-14-27/h3,17-19,21,24-28,30,35,37H,1,4-16,20,22-23H2,2H3,(H,44,46)(H,47,54)(H,48,50)(H,52,53). The highest BCUT2D eigenvalue weighted by Crippen LogP contribution is 2.45. The number of amides is 3. The van der Waals surface area contributed by atoms with Crippen molar-refractivity contribution in [3.63, 3.8) is 0 Å². The van der Waals surface area contributed by atoms with Crippen LogP contribution in [0.15, 0.2) is 42.3 Å². The molecule has 5 unspecified atom stereocenters. The van der Waals surface area contributed by atoms with Crippen LogP contribution >= 0.6 is 11.3 Å². The molecule has 3 aromatic rings. The van der Waals surface area contributed by atoms with Gasteiger partial charge in [0.25, 0.3) is 0 Å². The van der Waals surface area contributed by atoms with Gasteiger partial charge >= 0.3 is 12.1 Å². The number of rotatable bonds is 14. The Balaban J connectivity index is 1.09. The molecule has 0 radical (unpaired) electrons. The zero-order valence-electron chi connectivity index (χ0n) is 33.1. The summed E-state index contributed by atoms with van der Waals surface area (Å²) in [6.45, 7) is 3.80. The van der Waals surface area contributed by atoms with E-state index in [1.165, 1.54) is 35.2 Å². The van der Waals surface area contributed by atoms with Crippen molar-refractivity contribution >= 4 is 51.2 Å². The van der Waals surface area contributed by atoms with Gasteiger partial charge in [-0.2, -0.15) is 0 Å². The molecule has 3 heterocycles. The molecular weight excluding hydrogens is 761 g/mol. The van der Waals surface area contributed by atoms with E-state index >= 15 is 0 Å². The van der Waals surface area contributed by atoms with Gasteiger partial charge in [0.1, 0.15) is 47.0 Å². The molecule has 1 saturated heterocycles. The fourth-order valence-electron chi connectivity index (χ4n) is 9.45. The third-order valence-corrected chi connectivity index (χ3v) is 13.6. The second kappa shape index (κ2) is 17.1. The number of methoxy groups -OCH3 is 1. The van der Waals surface area contributed by atoms with E-state index in [1.54, 1.807) is 7.11 Å². The molecule has 1 aromatic carbocycles. The first kappa shape index (κ1) is 39.9. The number of nitrogens with zero attached hydrogens (tertiary/aromatic N) is 3. The molecule has 4 N–H and O–H groups in total. The number of carbonyl (C=O) groups excluding carboxylic acids is 3. The number of likely N-dealkylation sites (tertiary alicyclic amines) is 1. The van der Waals surface area contributed by atoms with E-state index < -0.39 is 53.5 Å². The van der Waals surface area contributed by atoms with Crippen LogP contribution in [0, 0.1) is 11.8 Å². The first-order valence-corrected chi connectivity index (χ1v) is 21.9. The third-order valence-electron chi connectivity index (χ3n) is 12.8. The number of aromatic nitrogens is 2. The van der Waals surface area contributed by atoms with Crippen LogP contribution in [-0.2, 0) is 19.1 Å². The zero-order valence-corrected chi connectivity index (χ0v) is 33.9. The lowest BCUT2D eigenvalue weighted by molar-refractivity contribution is -0.146. The third kappa shape index (κ3) is 8.46. The van der Waals surface area contributed by atoms with Crippen molar-refractivity contribution in [2.45, 2.75) is 132 Å². The van der Waals surface area contributed by atoms with Crippen LogP contribution in [0.5, 0.6) is 11.5 Å². The number of hydrogen-bond acceptors (Lipinski definition) is 11. The van der Waals surface area contributed by atoms with Crippen LogP contribution in [-0.4, -0.2) is 93.4 Å². The predicted octanol–water partition coefficient (Wildman–Crippen LogP) is 6.83. The molecule has 4 saturated carbocycles. The summed E-state index contributed by atoms with van der Waals surface area (Å²) < 4.78 is 18.1. The molecule has 310 valence electrons. The average molecular weight is 815 g/mol. The number of fused-ring (bicyclic) bond motifs is 1. The van der Waals surface area contributed by atoms with Crippen LogP contribution in [0.2, 0.25) is 0 Å². The second-order valence-electron chi connectivity index (χ2n) is 16.7. The summed E-state index contributed by atoms with van der Waals surface area (Å²) in [4.78, 5) is 66.2. The van der Waals surface area contributed by atoms with Crippen LogP contribution in [0.25, 0.3) is 22.3 Å². The number of pyridine rings is 1. The number of aliphatic carboxylic acids is 1. The normalized spacial score (nSPS) is 25.6. The molecule has 58 heavy (non-hydrogen) atoms. The Morgan fingerprint density at radius 1 is 0.966 bits per heavy atom. The SMILES string of the molecule is C=CC1CC1(NC(=O)C1CC(Oc2cc(-c3csc(NC4CCCC4)n3)nc3cc(OC)ccc23)CN1C(=O)C(NC(=O)OC1CCCC1)C1CCCCC1)C(=O)O. The Morgan fingerprint density at radius 2 is 1.71 bits per heavy atom. The highest BCUT2D eigenvalue weighted by Gasteiger charge is 2.61. The maximum absolute atomic E-state index is 14.9. The Hall–Kier alpha value is -4.92. The summed E-state index contributed by atoms with van der Waals surface area (Å²) in [5, 5.41) is 23.0. The molecule has 15 heteroatoms. The van der Waals surface area contributed by atoms with Crippen LogP contribution in [0.1, 0.15) is 96.3 Å². The fourth-order valence-corrected chi connectivity index (χ4v) is 10.2. The first-order valence-electron chi connectivity index (χ1n) is 21.0. The van der Waals surface area contributed by atoms with Crippen molar-refractivity contribution in [1.29, 1.82) is 0 Å². The van der Waals surface area contributed by atoms with Crippen molar-refractivity contribution in [3.05, 3.63) is 42.3 Å². The van der Waals surface area contributed by atoms with E-state index in [-0.39, 0.29) is 31.4 Å². The average Bonchev–Trinajstić information content (AvgIpc) is 3.87. The van der Waals surface area contributed by atoms with Crippen LogP contribution in [0.3, 0.4) is 0 Å². The van der Waals surface area contributed by atoms with Gasteiger partial charge < -0.3 is 40.2 Å². The van der Waals surface area contributed by atoms with Gasteiger partial charge in [0, 0.05) is 41.3 Å². The minimum atomic E-state index is -1.49. The number of nitrogens with one attached hydrogen (secondary N) is 3. The smallest absolute Gasteiger partial charge is 0.408 e. The number of ether oxygens (including phenoxy) is 3. The quantitative estimate of drug-likeness (QED) is 0.125. The van der Waals surface area contributed by atoms with E-state index in [0.717, 1.165) is 75.8 Å². The van der Waals surface area contributed by atoms with Gasteiger partial charge in [-0.3, -0.25) is 9.59 Å². The van der Waals surface area contributed by atoms with E-state index in [4.69, 9.17) is 24.2 Å². The number of carboxylic acid groups (broad SMARTS) is 1. The lowest BCUT2D eigenvalue weighted by Gasteiger charge is -2.34. The summed E-state index contributed by atoms with van der Waals surface area (Å²) in [6, 6.07) is 5.79. The number of hydrogen-bond donors (Lipinski definition) is 4. The second-order valence-corrected chi connectivity index (χ2v) is 17.5. The molecule has 2 aromatic heterocycles. The van der Waals surface area contributed by atoms with Gasteiger partial charge in [-0.15, -0.1) is 17.9 Å². The first-order chi connectivity index (χ1) is 28.1. The van der Waals surface area contributed by atoms with Crippen molar-refractivity contribution in [3.8, 4) is 22.9 Å². The van der Waals surface area contributed by atoms with Gasteiger partial charge in [0.15, 0.2) is 5.13 Å². The molecule has 0 spiro atoms. The Labute approximate surface area is 342 Å². The molecule has 5 fully saturated rings. The zero-order chi connectivity index (χ0) is 40.4. The van der Waals surface area contributed by atoms with E-state index in [9.17, 15) is 24.3 Å². The van der Waals surface area contributed by atoms with Crippen LogP contribution in [0.4, 0.5) is 9.93 Å². The number of anilines is 1. The summed E-state index contributed by atoms with van der Waals surface area (Å²) >= 11 is 1.53. The highest BCUT2D eigenvalue weighted by atomic mass is 32.1. The molecule has 1 aliphatic heterocycles. The molecule has 5 aliphatic rings. The molecule has 3 amide bonds. The lowest BCUT2D eigenvalue weighted by atomic mass is 9.83. The minimum absolute atomic E-state index is 0.0336. The topological polar surface area (TPSA) is 181 Å². The van der Waals surface area contributed by atoms with E-state index in [1.807, 2.05) is 29.6 Å². The summed E-state index contributed by atoms with van der Waals surface area (Å²) in [6.07, 6.45) is 13.0. The Kier molecular flexibility index (Phi) is 11.8. The number of alkyl carbamates (subject to hydrolysis) is 1. The maximum Gasteiger partial charge on any atom is 0.408 e. The molecule has 8 rings (SSSR count). The number of carbonyl (C=O) groups is 4. The number of benzene rings is 1. The van der Waals surface area contributed by atoms with Crippen molar-refractivity contribution < 1.29 is 38.5 Å². The van der Waals surface area contributed by atoms with Gasteiger partial charge in [0.05, 0.1) is 24.9 Å². The fraction of sp³-hybridized carbons (Fsp3) is 0.581. The Bertz CT molecular complexity index is 2020. The van der Waals surface area contributed by atoms with E-state index in [2.05, 4.69) is 22.5 Å². The van der Waals surface area contributed by atoms with Gasteiger partial charge in [-0.1, -0.05) is 38.2 Å². The van der Waals surface area contributed by atoms with E-state index in [0.29, 0.717) is 39.8 Å². The van der Waals surface area contributed by atoms with Crippen LogP contribution < -0.4 is 25.4 Å². The van der Waals surface area contributed by atoms with Gasteiger partial charge in [0.2, 0.25) is 11.8 Å². The summed E-state index contributed by atoms with van der Waals surface area (Å²) in [7, 11) is 1.59. The monoisotopic (exact) mass is 814 g/mol. The maximum atomic E-state index is 14.9. The number of thiazole rings is 1. The summed E-state index contributed by atoms with van der Waals surface area (Å²) in [5.74, 6) is -1.61. The minimum Gasteiger partial charge on any atom is -0.497 e. The molecule has 5 atom stereocenters. The Morgan fingerprint density at radius 3 is 2.41 bits per heavy atom. The van der Waals surface area contributed by atoms with Crippen molar-refractivity contribution in [2.75, 3.05) is 19.0 Å². The largest absolute Gasteiger partial charge is 0.497 e. The van der Waals surface area contributed by atoms with Crippen molar-refractivity contribution in [1.82, 2.24) is 25.5 Å². The molecule has 14 nitrogen and oxygen atoms in total. The molecular formula is C43H54N6O8S. The van der Waals surface area contributed by atoms with Crippen molar-refractivity contribution in [2.24, 2.45) is 11.8 Å². The summed E-state index contributed by atoms with van der Waals surface area (Å²) in [5.41, 5.74) is 0.418. The molecule has 0 bridgehead atoms. The predicted molar refractivity (Wildman–Crippen MR) is 219 cm³/mol. The lowest BCUT2D eigenvalue weighted by Crippen LogP contribution is -2.58. The number of carboxylic acids is 1. The van der Waals surface area contributed by atoms with Gasteiger partial charge in [-0.25, -0.2) is 19.6 Å². The molecule has 4 aliphatic carbocycles. The highest BCUT2D eigenvalue weighted by molar-refractivity contribution is 7.14. The van der Waals surface area contributed by atoms with Gasteiger partial charge in [-0.05, 0) is 75.8 Å².